The Kier molecular flexibility index (Phi) is 3.82. The molecule has 0 aliphatic heterocycles. The van der Waals surface area contributed by atoms with Crippen molar-refractivity contribution in [3.05, 3.63) is 65.2 Å². The van der Waals surface area contributed by atoms with Crippen LogP contribution in [0.5, 0.6) is 0 Å². The van der Waals surface area contributed by atoms with E-state index in [0.717, 1.165) is 16.8 Å². The summed E-state index contributed by atoms with van der Waals surface area (Å²) in [6, 6.07) is 10.0. The Bertz CT molecular complexity index is 552. The molecule has 0 saturated heterocycles. The second-order valence-corrected chi connectivity index (χ2v) is 4.28. The molecule has 0 bridgehead atoms. The lowest BCUT2D eigenvalue weighted by Crippen LogP contribution is -2.08. The molecule has 0 fully saturated rings. The number of halogens is 1. The van der Waals surface area contributed by atoms with Crippen molar-refractivity contribution in [3.8, 4) is 0 Å². The summed E-state index contributed by atoms with van der Waals surface area (Å²) in [5.74, 6) is -0.183. The lowest BCUT2D eigenvalue weighted by Gasteiger charge is -2.05. The van der Waals surface area contributed by atoms with Gasteiger partial charge >= 0.3 is 0 Å². The molecular formula is C15H14FNO. The Hall–Kier alpha value is -2.03. The number of hydrogen-bond acceptors (Lipinski definition) is 2. The first-order valence-corrected chi connectivity index (χ1v) is 5.82. The number of rotatable bonds is 4. The molecule has 0 atom stereocenters. The second-order valence-electron chi connectivity index (χ2n) is 4.28. The highest BCUT2D eigenvalue weighted by Crippen LogP contribution is 2.12. The number of pyridine rings is 1. The molecule has 18 heavy (non-hydrogen) atoms. The molecule has 2 nitrogen and oxygen atoms in total. The Morgan fingerprint density at radius 3 is 2.72 bits per heavy atom. The first-order chi connectivity index (χ1) is 8.65. The molecule has 0 amide bonds. The van der Waals surface area contributed by atoms with Crippen molar-refractivity contribution in [2.24, 2.45) is 0 Å². The third-order valence-electron chi connectivity index (χ3n) is 2.80. The summed E-state index contributed by atoms with van der Waals surface area (Å²) in [6.07, 6.45) is 2.31. The molecule has 92 valence electrons. The summed E-state index contributed by atoms with van der Waals surface area (Å²) in [6.45, 7) is 1.81. The molecule has 3 heteroatoms. The van der Waals surface area contributed by atoms with E-state index in [4.69, 9.17) is 0 Å². The summed E-state index contributed by atoms with van der Waals surface area (Å²) in [5, 5.41) is 0. The molecule has 1 heterocycles. The fourth-order valence-electron chi connectivity index (χ4n) is 1.84. The van der Waals surface area contributed by atoms with Gasteiger partial charge in [0.2, 0.25) is 0 Å². The number of nitrogens with zero attached hydrogens (tertiary/aromatic N) is 1. The number of carbonyl (C=O) groups is 1. The fraction of sp³-hybridized carbons (Fsp3) is 0.200. The molecule has 1 aromatic carbocycles. The van der Waals surface area contributed by atoms with E-state index >= 15 is 0 Å². The van der Waals surface area contributed by atoms with Gasteiger partial charge in [0, 0.05) is 24.7 Å². The average molecular weight is 243 g/mol. The third kappa shape index (κ3) is 3.23. The average Bonchev–Trinajstić information content (AvgIpc) is 2.34. The van der Waals surface area contributed by atoms with Gasteiger partial charge in [0.25, 0.3) is 0 Å². The Morgan fingerprint density at radius 1 is 1.22 bits per heavy atom. The number of Topliss-reactive ketones (excluding diaryl/α,β-unsaturated/α-hetero) is 1. The van der Waals surface area contributed by atoms with Gasteiger partial charge in [0.1, 0.15) is 11.6 Å². The van der Waals surface area contributed by atoms with Crippen LogP contribution >= 0.6 is 0 Å². The highest BCUT2D eigenvalue weighted by Gasteiger charge is 2.08. The first-order valence-electron chi connectivity index (χ1n) is 5.82. The fourth-order valence-corrected chi connectivity index (χ4v) is 1.84. The van der Waals surface area contributed by atoms with E-state index in [1.807, 2.05) is 25.1 Å². The summed E-state index contributed by atoms with van der Waals surface area (Å²) >= 11 is 0. The van der Waals surface area contributed by atoms with Crippen LogP contribution in [0.1, 0.15) is 16.8 Å². The number of aryl methyl sites for hydroxylation is 1. The number of aromatic nitrogens is 1. The van der Waals surface area contributed by atoms with Gasteiger partial charge in [-0.05, 0) is 42.3 Å². The van der Waals surface area contributed by atoms with Crippen molar-refractivity contribution in [1.29, 1.82) is 0 Å². The Balaban J connectivity index is 2.03. The van der Waals surface area contributed by atoms with Gasteiger partial charge < -0.3 is 0 Å². The summed E-state index contributed by atoms with van der Waals surface area (Å²) in [7, 11) is 0. The summed E-state index contributed by atoms with van der Waals surface area (Å²) in [5.41, 5.74) is 2.45. The van der Waals surface area contributed by atoms with Crippen LogP contribution in [0, 0.1) is 12.7 Å². The standard InChI is InChI=1S/C15H14FNO/c1-11-8-13(16)6-5-12(11)9-15(18)10-14-4-2-3-7-17-14/h2-8H,9-10H2,1H3. The van der Waals surface area contributed by atoms with Gasteiger partial charge in [0.05, 0.1) is 0 Å². The maximum Gasteiger partial charge on any atom is 0.143 e. The molecule has 0 aliphatic rings. The van der Waals surface area contributed by atoms with Gasteiger partial charge in [-0.2, -0.15) is 0 Å². The van der Waals surface area contributed by atoms with Crippen molar-refractivity contribution < 1.29 is 9.18 Å². The van der Waals surface area contributed by atoms with Crippen molar-refractivity contribution >= 4 is 5.78 Å². The van der Waals surface area contributed by atoms with Gasteiger partial charge in [0.15, 0.2) is 0 Å². The maximum atomic E-state index is 12.9. The number of carbonyl (C=O) groups excluding carboxylic acids is 1. The molecule has 0 aliphatic carbocycles. The minimum Gasteiger partial charge on any atom is -0.299 e. The lowest BCUT2D eigenvalue weighted by molar-refractivity contribution is -0.117. The van der Waals surface area contributed by atoms with Gasteiger partial charge in [-0.15, -0.1) is 0 Å². The zero-order valence-corrected chi connectivity index (χ0v) is 10.2. The SMILES string of the molecule is Cc1cc(F)ccc1CC(=O)Cc1ccccn1. The molecule has 0 spiro atoms. The predicted octanol–water partition coefficient (Wildman–Crippen LogP) is 2.88. The molecule has 1 aromatic heterocycles. The van der Waals surface area contributed by atoms with Gasteiger partial charge in [-0.1, -0.05) is 12.1 Å². The number of ketones is 1. The predicted molar refractivity (Wildman–Crippen MR) is 67.8 cm³/mol. The van der Waals surface area contributed by atoms with E-state index in [-0.39, 0.29) is 11.6 Å². The molecule has 0 N–H and O–H groups in total. The van der Waals surface area contributed by atoms with E-state index in [1.54, 1.807) is 12.3 Å². The van der Waals surface area contributed by atoms with Crippen LogP contribution in [0.15, 0.2) is 42.6 Å². The van der Waals surface area contributed by atoms with Crippen LogP contribution in [0.2, 0.25) is 0 Å². The Labute approximate surface area is 105 Å². The van der Waals surface area contributed by atoms with E-state index < -0.39 is 0 Å². The highest BCUT2D eigenvalue weighted by atomic mass is 19.1. The number of benzene rings is 1. The summed E-state index contributed by atoms with van der Waals surface area (Å²) < 4.78 is 12.9. The molecular weight excluding hydrogens is 229 g/mol. The van der Waals surface area contributed by atoms with Crippen LogP contribution in [0.25, 0.3) is 0 Å². The van der Waals surface area contributed by atoms with E-state index in [1.165, 1.54) is 12.1 Å². The third-order valence-corrected chi connectivity index (χ3v) is 2.80. The van der Waals surface area contributed by atoms with Crippen molar-refractivity contribution in [2.45, 2.75) is 19.8 Å². The van der Waals surface area contributed by atoms with Crippen LogP contribution in [0.4, 0.5) is 4.39 Å². The zero-order chi connectivity index (χ0) is 13.0. The van der Waals surface area contributed by atoms with Crippen molar-refractivity contribution in [3.63, 3.8) is 0 Å². The van der Waals surface area contributed by atoms with Crippen LogP contribution < -0.4 is 0 Å². The van der Waals surface area contributed by atoms with E-state index in [0.29, 0.717) is 12.8 Å². The minimum absolute atomic E-state index is 0.0865. The molecule has 0 saturated carbocycles. The van der Waals surface area contributed by atoms with Gasteiger partial charge in [-0.25, -0.2) is 4.39 Å². The van der Waals surface area contributed by atoms with Gasteiger partial charge in [-0.3, -0.25) is 9.78 Å². The van der Waals surface area contributed by atoms with Crippen LogP contribution in [0.3, 0.4) is 0 Å². The molecule has 2 rings (SSSR count). The minimum atomic E-state index is -0.270. The van der Waals surface area contributed by atoms with Crippen molar-refractivity contribution in [1.82, 2.24) is 4.98 Å². The smallest absolute Gasteiger partial charge is 0.143 e. The maximum absolute atomic E-state index is 12.9. The number of hydrogen-bond donors (Lipinski definition) is 0. The summed E-state index contributed by atoms with van der Waals surface area (Å²) in [4.78, 5) is 16.0. The van der Waals surface area contributed by atoms with E-state index in [2.05, 4.69) is 4.98 Å². The molecule has 2 aromatic rings. The first kappa shape index (κ1) is 12.4. The second kappa shape index (κ2) is 5.54. The Morgan fingerprint density at radius 2 is 2.06 bits per heavy atom. The monoisotopic (exact) mass is 243 g/mol. The topological polar surface area (TPSA) is 30.0 Å². The normalized spacial score (nSPS) is 10.3. The largest absolute Gasteiger partial charge is 0.299 e. The zero-order valence-electron chi connectivity index (χ0n) is 10.2. The van der Waals surface area contributed by atoms with E-state index in [9.17, 15) is 9.18 Å². The molecule has 0 radical (unpaired) electrons. The highest BCUT2D eigenvalue weighted by molar-refractivity contribution is 5.83. The quantitative estimate of drug-likeness (QED) is 0.826. The van der Waals surface area contributed by atoms with Crippen LogP contribution in [-0.2, 0) is 17.6 Å². The van der Waals surface area contributed by atoms with Crippen LogP contribution in [-0.4, -0.2) is 10.8 Å². The van der Waals surface area contributed by atoms with Crippen molar-refractivity contribution in [2.75, 3.05) is 0 Å². The molecule has 0 unspecified atom stereocenters. The lowest BCUT2D eigenvalue weighted by atomic mass is 10.0.